The van der Waals surface area contributed by atoms with Gasteiger partial charge in [-0.05, 0) is 12.8 Å². The van der Waals surface area contributed by atoms with Crippen molar-refractivity contribution in [2.45, 2.75) is 61.8 Å². The topological polar surface area (TPSA) is 77.0 Å². The van der Waals surface area contributed by atoms with Crippen LogP contribution in [0.1, 0.15) is 51.0 Å². The highest BCUT2D eigenvalue weighted by Gasteiger charge is 2.37. The van der Waals surface area contributed by atoms with Gasteiger partial charge < -0.3 is 10.3 Å². The first-order valence-electron chi connectivity index (χ1n) is 9.13. The molecule has 6 nitrogen and oxygen atoms in total. The summed E-state index contributed by atoms with van der Waals surface area (Å²) in [5.41, 5.74) is 7.58. The summed E-state index contributed by atoms with van der Waals surface area (Å²) in [6.45, 7) is 0.158. The predicted octanol–water partition coefficient (Wildman–Crippen LogP) is 3.27. The second-order valence-corrected chi connectivity index (χ2v) is 8.56. The maximum atomic E-state index is 13.4. The van der Waals surface area contributed by atoms with E-state index in [-0.39, 0.29) is 32.0 Å². The number of nitrogens with two attached hydrogens (primary N) is 1. The molecule has 2 aromatic heterocycles. The molecule has 1 atom stereocenters. The zero-order chi connectivity index (χ0) is 18.3. The lowest BCUT2D eigenvalue weighted by Crippen LogP contribution is -2.40. The van der Waals surface area contributed by atoms with Crippen LogP contribution in [0.25, 0.3) is 11.2 Å². The van der Waals surface area contributed by atoms with E-state index in [0.29, 0.717) is 21.9 Å². The number of nitrogens with zero attached hydrogens (tertiary/aromatic N) is 4. The molecular weight excluding hydrogens is 360 g/mol. The van der Waals surface area contributed by atoms with Crippen molar-refractivity contribution in [3.05, 3.63) is 12.4 Å². The highest BCUT2D eigenvalue weighted by Crippen LogP contribution is 2.39. The fourth-order valence-electron chi connectivity index (χ4n) is 4.00. The summed E-state index contributed by atoms with van der Waals surface area (Å²) in [7, 11) is -1.62. The highest BCUT2D eigenvalue weighted by atomic mass is 32.2. The van der Waals surface area contributed by atoms with E-state index >= 15 is 0 Å². The van der Waals surface area contributed by atoms with Crippen molar-refractivity contribution in [2.24, 2.45) is 0 Å². The van der Waals surface area contributed by atoms with E-state index < -0.39 is 16.9 Å². The summed E-state index contributed by atoms with van der Waals surface area (Å²) >= 11 is 0. The molecule has 2 aromatic rings. The largest absolute Gasteiger partial charge is 0.384 e. The number of hydrogen-bond acceptors (Lipinski definition) is 4. The van der Waals surface area contributed by atoms with E-state index in [2.05, 4.69) is 9.97 Å². The minimum Gasteiger partial charge on any atom is -0.384 e. The molecule has 0 radical (unpaired) electrons. The molecule has 2 fully saturated rings. The lowest BCUT2D eigenvalue weighted by Gasteiger charge is -2.30. The van der Waals surface area contributed by atoms with Gasteiger partial charge in [0.15, 0.2) is 5.65 Å². The molecule has 1 saturated carbocycles. The average molecular weight is 383 g/mol. The number of piperidine rings is 1. The number of anilines is 1. The summed E-state index contributed by atoms with van der Waals surface area (Å²) < 4.78 is 43.6. The van der Waals surface area contributed by atoms with Crippen molar-refractivity contribution >= 4 is 28.0 Å². The van der Waals surface area contributed by atoms with Crippen LogP contribution in [-0.4, -0.2) is 42.1 Å². The van der Waals surface area contributed by atoms with Gasteiger partial charge >= 0.3 is 0 Å². The SMILES string of the molecule is Nc1c(S(=O)N2CCC(F)(F)CC2)c2nccnc2n1C1CCCCC1. The third kappa shape index (κ3) is 3.11. The van der Waals surface area contributed by atoms with Gasteiger partial charge in [0.2, 0.25) is 0 Å². The van der Waals surface area contributed by atoms with E-state index in [0.717, 1.165) is 25.7 Å². The maximum absolute atomic E-state index is 13.4. The zero-order valence-corrected chi connectivity index (χ0v) is 15.4. The molecule has 2 aliphatic rings. The van der Waals surface area contributed by atoms with Crippen LogP contribution in [-0.2, 0) is 11.0 Å². The van der Waals surface area contributed by atoms with Crippen molar-refractivity contribution in [3.63, 3.8) is 0 Å². The Labute approximate surface area is 153 Å². The van der Waals surface area contributed by atoms with Gasteiger partial charge in [-0.1, -0.05) is 19.3 Å². The molecule has 1 saturated heterocycles. The quantitative estimate of drug-likeness (QED) is 0.882. The molecule has 9 heteroatoms. The smallest absolute Gasteiger partial charge is 0.250 e. The van der Waals surface area contributed by atoms with Gasteiger partial charge in [-0.25, -0.2) is 27.3 Å². The Hall–Kier alpha value is -1.61. The number of alkyl halides is 2. The second-order valence-electron chi connectivity index (χ2n) is 7.14. The first kappa shape index (κ1) is 17.8. The Morgan fingerprint density at radius 3 is 2.46 bits per heavy atom. The normalized spacial score (nSPS) is 23.3. The Morgan fingerprint density at radius 1 is 1.12 bits per heavy atom. The lowest BCUT2D eigenvalue weighted by atomic mass is 9.95. The van der Waals surface area contributed by atoms with Gasteiger partial charge in [0.1, 0.15) is 27.2 Å². The maximum Gasteiger partial charge on any atom is 0.250 e. The van der Waals surface area contributed by atoms with Gasteiger partial charge in [-0.15, -0.1) is 0 Å². The fourth-order valence-corrected chi connectivity index (χ4v) is 5.36. The third-order valence-electron chi connectivity index (χ3n) is 5.42. The van der Waals surface area contributed by atoms with Crippen LogP contribution < -0.4 is 5.73 Å². The molecule has 1 aliphatic carbocycles. The molecule has 0 amide bonds. The summed E-state index contributed by atoms with van der Waals surface area (Å²) in [5.74, 6) is -2.27. The first-order valence-corrected chi connectivity index (χ1v) is 10.2. The molecule has 2 N–H and O–H groups in total. The van der Waals surface area contributed by atoms with Gasteiger partial charge in [0, 0.05) is 44.4 Å². The van der Waals surface area contributed by atoms with Gasteiger partial charge in [-0.2, -0.15) is 0 Å². The van der Waals surface area contributed by atoms with Crippen LogP contribution in [0.5, 0.6) is 0 Å². The molecular formula is C17H23F2N5OS. The van der Waals surface area contributed by atoms with Crippen LogP contribution in [0.4, 0.5) is 14.6 Å². The highest BCUT2D eigenvalue weighted by molar-refractivity contribution is 7.83. The van der Waals surface area contributed by atoms with Crippen molar-refractivity contribution < 1.29 is 13.0 Å². The minimum absolute atomic E-state index is 0.0788. The Balaban J connectivity index is 1.73. The third-order valence-corrected chi connectivity index (χ3v) is 7.00. The average Bonchev–Trinajstić information content (AvgIpc) is 2.93. The van der Waals surface area contributed by atoms with E-state index in [1.54, 1.807) is 16.7 Å². The van der Waals surface area contributed by atoms with E-state index in [1.807, 2.05) is 4.57 Å². The van der Waals surface area contributed by atoms with Crippen molar-refractivity contribution in [3.8, 4) is 0 Å². The first-order chi connectivity index (χ1) is 12.5. The summed E-state index contributed by atoms with van der Waals surface area (Å²) in [6.07, 6.45) is 8.07. The van der Waals surface area contributed by atoms with Crippen LogP contribution in [0.3, 0.4) is 0 Å². The Bertz CT molecular complexity index is 824. The van der Waals surface area contributed by atoms with Gasteiger partial charge in [0.05, 0.1) is 0 Å². The van der Waals surface area contributed by atoms with Crippen LogP contribution in [0, 0.1) is 0 Å². The molecule has 0 spiro atoms. The predicted molar refractivity (Wildman–Crippen MR) is 96.2 cm³/mol. The molecule has 0 aromatic carbocycles. The van der Waals surface area contributed by atoms with Crippen molar-refractivity contribution in [2.75, 3.05) is 18.8 Å². The second kappa shape index (κ2) is 6.84. The van der Waals surface area contributed by atoms with Gasteiger partial charge in [0.25, 0.3) is 5.92 Å². The standard InChI is InChI=1S/C17H23F2N5OS/c18-17(19)6-10-23(11-7-17)26(25)14-13-16(22-9-8-21-13)24(15(14)20)12-4-2-1-3-5-12/h8-9,12H,1-7,10-11,20H2. The zero-order valence-electron chi connectivity index (χ0n) is 14.5. The molecule has 3 heterocycles. The number of rotatable bonds is 3. The number of halogens is 2. The lowest BCUT2D eigenvalue weighted by molar-refractivity contribution is -0.0405. The fraction of sp³-hybridized carbons (Fsp3) is 0.647. The monoisotopic (exact) mass is 383 g/mol. The van der Waals surface area contributed by atoms with Crippen molar-refractivity contribution in [1.82, 2.24) is 18.8 Å². The van der Waals surface area contributed by atoms with Crippen molar-refractivity contribution in [1.29, 1.82) is 0 Å². The molecule has 0 bridgehead atoms. The van der Waals surface area contributed by atoms with Gasteiger partial charge in [-0.3, -0.25) is 0 Å². The summed E-state index contributed by atoms with van der Waals surface area (Å²) in [5, 5.41) is 0. The van der Waals surface area contributed by atoms with E-state index in [9.17, 15) is 13.0 Å². The van der Waals surface area contributed by atoms with Crippen LogP contribution in [0.15, 0.2) is 17.3 Å². The van der Waals surface area contributed by atoms with E-state index in [1.165, 1.54) is 6.42 Å². The molecule has 142 valence electrons. The Morgan fingerprint density at radius 2 is 1.77 bits per heavy atom. The van der Waals surface area contributed by atoms with Crippen LogP contribution in [0.2, 0.25) is 0 Å². The molecule has 26 heavy (non-hydrogen) atoms. The number of nitrogen functional groups attached to an aromatic ring is 1. The minimum atomic E-state index is -2.68. The Kier molecular flexibility index (Phi) is 4.68. The van der Waals surface area contributed by atoms with E-state index in [4.69, 9.17) is 5.73 Å². The molecule has 4 rings (SSSR count). The summed E-state index contributed by atoms with van der Waals surface area (Å²) in [4.78, 5) is 9.23. The summed E-state index contributed by atoms with van der Waals surface area (Å²) in [6, 6.07) is 0.222. The number of hydrogen-bond donors (Lipinski definition) is 1. The molecule has 1 unspecified atom stereocenters. The number of aromatic nitrogens is 3. The molecule has 1 aliphatic heterocycles. The van der Waals surface area contributed by atoms with Crippen LogP contribution >= 0.6 is 0 Å². The number of fused-ring (bicyclic) bond motifs is 1.